The van der Waals surface area contributed by atoms with Crippen LogP contribution in [0.15, 0.2) is 72.4 Å². The minimum absolute atomic E-state index is 0.0545. The van der Waals surface area contributed by atoms with E-state index in [1.54, 1.807) is 42.5 Å². The quantitative estimate of drug-likeness (QED) is 0.506. The molecule has 2 aromatic heterocycles. The van der Waals surface area contributed by atoms with E-state index in [-0.39, 0.29) is 11.8 Å². The van der Waals surface area contributed by atoms with Crippen molar-refractivity contribution >= 4 is 23.2 Å². The molecular weight excluding hydrogens is 410 g/mol. The van der Waals surface area contributed by atoms with Gasteiger partial charge in [-0.05, 0) is 29.8 Å². The maximum Gasteiger partial charge on any atom is 0.271 e. The molecule has 2 amide bonds. The standard InChI is InChI=1S/C23H21N5O2S/c1-27(2)23(30)17-10-8-16(9-11-17)12-24-21(29)20-15-31-22(26-20)18-13-25-28(14-18)19-6-4-3-5-7-19/h3-11,13-15H,12H2,1-2H3,(H,24,29). The summed E-state index contributed by atoms with van der Waals surface area (Å²) in [5, 5.41) is 9.73. The number of carbonyl (C=O) groups excluding carboxylic acids is 2. The molecule has 2 aromatic carbocycles. The number of nitrogens with one attached hydrogen (secondary N) is 1. The Bertz CT molecular complexity index is 1200. The van der Waals surface area contributed by atoms with Crippen molar-refractivity contribution in [1.29, 1.82) is 0 Å². The molecule has 156 valence electrons. The first-order valence-electron chi connectivity index (χ1n) is 9.66. The summed E-state index contributed by atoms with van der Waals surface area (Å²) in [7, 11) is 3.43. The van der Waals surface area contributed by atoms with E-state index in [2.05, 4.69) is 15.4 Å². The van der Waals surface area contributed by atoms with Crippen LogP contribution in [0.2, 0.25) is 0 Å². The Morgan fingerprint density at radius 3 is 2.52 bits per heavy atom. The van der Waals surface area contributed by atoms with Gasteiger partial charge in [-0.15, -0.1) is 11.3 Å². The Balaban J connectivity index is 1.39. The summed E-state index contributed by atoms with van der Waals surface area (Å²) in [6.07, 6.45) is 3.64. The van der Waals surface area contributed by atoms with Gasteiger partial charge in [0.2, 0.25) is 0 Å². The fourth-order valence-electron chi connectivity index (χ4n) is 2.96. The van der Waals surface area contributed by atoms with Gasteiger partial charge in [-0.3, -0.25) is 9.59 Å². The molecule has 31 heavy (non-hydrogen) atoms. The lowest BCUT2D eigenvalue weighted by Crippen LogP contribution is -2.23. The molecular formula is C23H21N5O2S. The normalized spacial score (nSPS) is 10.6. The molecule has 4 rings (SSSR count). The monoisotopic (exact) mass is 431 g/mol. The molecule has 0 fully saturated rings. The first kappa shape index (κ1) is 20.5. The van der Waals surface area contributed by atoms with Crippen molar-refractivity contribution in [2.24, 2.45) is 0 Å². The second-order valence-electron chi connectivity index (χ2n) is 7.13. The van der Waals surface area contributed by atoms with Crippen LogP contribution in [0.4, 0.5) is 0 Å². The number of nitrogens with zero attached hydrogens (tertiary/aromatic N) is 4. The fourth-order valence-corrected chi connectivity index (χ4v) is 3.74. The molecule has 8 heteroatoms. The molecule has 0 unspecified atom stereocenters. The summed E-state index contributed by atoms with van der Waals surface area (Å²) in [6.45, 7) is 0.355. The van der Waals surface area contributed by atoms with E-state index in [0.717, 1.165) is 21.8 Å². The van der Waals surface area contributed by atoms with Crippen LogP contribution in [0, 0.1) is 0 Å². The predicted molar refractivity (Wildman–Crippen MR) is 120 cm³/mol. The highest BCUT2D eigenvalue weighted by Gasteiger charge is 2.14. The van der Waals surface area contributed by atoms with Gasteiger partial charge in [0.25, 0.3) is 11.8 Å². The third kappa shape index (κ3) is 4.70. The Morgan fingerprint density at radius 2 is 1.81 bits per heavy atom. The molecule has 0 aliphatic carbocycles. The van der Waals surface area contributed by atoms with E-state index < -0.39 is 0 Å². The molecule has 0 atom stereocenters. The number of amides is 2. The van der Waals surface area contributed by atoms with E-state index in [4.69, 9.17) is 0 Å². The lowest BCUT2D eigenvalue weighted by Gasteiger charge is -2.10. The maximum atomic E-state index is 12.5. The van der Waals surface area contributed by atoms with Crippen molar-refractivity contribution < 1.29 is 9.59 Å². The number of hydrogen-bond acceptors (Lipinski definition) is 5. The van der Waals surface area contributed by atoms with E-state index in [1.165, 1.54) is 16.2 Å². The molecule has 0 radical (unpaired) electrons. The van der Waals surface area contributed by atoms with Gasteiger partial charge >= 0.3 is 0 Å². The van der Waals surface area contributed by atoms with Crippen molar-refractivity contribution in [3.05, 3.63) is 89.2 Å². The SMILES string of the molecule is CN(C)C(=O)c1ccc(CNC(=O)c2csc(-c3cnn(-c4ccccc4)c3)n2)cc1. The van der Waals surface area contributed by atoms with Crippen molar-refractivity contribution in [2.75, 3.05) is 14.1 Å². The zero-order chi connectivity index (χ0) is 21.8. The molecule has 0 bridgehead atoms. The second-order valence-corrected chi connectivity index (χ2v) is 7.98. The second kappa shape index (κ2) is 8.93. The fraction of sp³-hybridized carbons (Fsp3) is 0.130. The lowest BCUT2D eigenvalue weighted by molar-refractivity contribution is 0.0827. The first-order valence-corrected chi connectivity index (χ1v) is 10.5. The van der Waals surface area contributed by atoms with E-state index >= 15 is 0 Å². The number of carbonyl (C=O) groups is 2. The molecule has 0 aliphatic rings. The smallest absolute Gasteiger partial charge is 0.271 e. The first-order chi connectivity index (χ1) is 15.0. The number of benzene rings is 2. The van der Waals surface area contributed by atoms with Gasteiger partial charge in [-0.25, -0.2) is 9.67 Å². The minimum atomic E-state index is -0.244. The Labute approximate surface area is 184 Å². The van der Waals surface area contributed by atoms with Gasteiger partial charge in [-0.1, -0.05) is 30.3 Å². The van der Waals surface area contributed by atoms with Crippen LogP contribution < -0.4 is 5.32 Å². The summed E-state index contributed by atoms with van der Waals surface area (Å²) in [4.78, 5) is 30.4. The van der Waals surface area contributed by atoms with Crippen molar-refractivity contribution in [3.8, 4) is 16.3 Å². The zero-order valence-corrected chi connectivity index (χ0v) is 18.0. The number of aromatic nitrogens is 3. The van der Waals surface area contributed by atoms with Crippen molar-refractivity contribution in [2.45, 2.75) is 6.54 Å². The number of thiazole rings is 1. The summed E-state index contributed by atoms with van der Waals surface area (Å²) in [5.74, 6) is -0.299. The minimum Gasteiger partial charge on any atom is -0.347 e. The maximum absolute atomic E-state index is 12.5. The van der Waals surface area contributed by atoms with Crippen LogP contribution in [0.25, 0.3) is 16.3 Å². The van der Waals surface area contributed by atoms with Gasteiger partial charge in [0.1, 0.15) is 10.7 Å². The average Bonchev–Trinajstić information content (AvgIpc) is 3.48. The summed E-state index contributed by atoms with van der Waals surface area (Å²) in [5.41, 5.74) is 3.70. The van der Waals surface area contributed by atoms with Gasteiger partial charge < -0.3 is 10.2 Å². The molecule has 7 nitrogen and oxygen atoms in total. The van der Waals surface area contributed by atoms with Gasteiger partial charge in [0, 0.05) is 43.3 Å². The van der Waals surface area contributed by atoms with E-state index in [1.807, 2.05) is 48.7 Å². The lowest BCUT2D eigenvalue weighted by atomic mass is 10.1. The number of rotatable bonds is 6. The van der Waals surface area contributed by atoms with E-state index in [0.29, 0.717) is 17.8 Å². The van der Waals surface area contributed by atoms with Crippen LogP contribution in [0.3, 0.4) is 0 Å². The molecule has 0 saturated carbocycles. The van der Waals surface area contributed by atoms with Crippen LogP contribution in [0.5, 0.6) is 0 Å². The van der Waals surface area contributed by atoms with Crippen molar-refractivity contribution in [1.82, 2.24) is 25.0 Å². The Morgan fingerprint density at radius 1 is 1.06 bits per heavy atom. The van der Waals surface area contributed by atoms with Crippen LogP contribution in [-0.2, 0) is 6.54 Å². The Hall–Kier alpha value is -3.78. The highest BCUT2D eigenvalue weighted by molar-refractivity contribution is 7.13. The molecule has 1 N–H and O–H groups in total. The summed E-state index contributed by atoms with van der Waals surface area (Å²) >= 11 is 1.40. The van der Waals surface area contributed by atoms with Gasteiger partial charge in [0.05, 0.1) is 11.9 Å². The average molecular weight is 432 g/mol. The number of hydrogen-bond donors (Lipinski definition) is 1. The zero-order valence-electron chi connectivity index (χ0n) is 17.1. The Kier molecular flexibility index (Phi) is 5.90. The topological polar surface area (TPSA) is 80.1 Å². The molecule has 2 heterocycles. The van der Waals surface area contributed by atoms with Gasteiger partial charge in [-0.2, -0.15) is 5.10 Å². The van der Waals surface area contributed by atoms with Crippen LogP contribution in [-0.4, -0.2) is 45.6 Å². The third-order valence-electron chi connectivity index (χ3n) is 4.65. The van der Waals surface area contributed by atoms with Gasteiger partial charge in [0.15, 0.2) is 0 Å². The highest BCUT2D eigenvalue weighted by Crippen LogP contribution is 2.24. The molecule has 0 spiro atoms. The summed E-state index contributed by atoms with van der Waals surface area (Å²) in [6, 6.07) is 17.0. The van der Waals surface area contributed by atoms with Crippen LogP contribution in [0.1, 0.15) is 26.4 Å². The third-order valence-corrected chi connectivity index (χ3v) is 5.54. The largest absolute Gasteiger partial charge is 0.347 e. The molecule has 0 aliphatic heterocycles. The van der Waals surface area contributed by atoms with E-state index in [9.17, 15) is 9.59 Å². The molecule has 4 aromatic rings. The highest BCUT2D eigenvalue weighted by atomic mass is 32.1. The summed E-state index contributed by atoms with van der Waals surface area (Å²) < 4.78 is 1.78. The van der Waals surface area contributed by atoms with Crippen molar-refractivity contribution in [3.63, 3.8) is 0 Å². The number of para-hydroxylation sites is 1. The predicted octanol–water partition coefficient (Wildman–Crippen LogP) is 3.63. The van der Waals surface area contributed by atoms with Crippen LogP contribution >= 0.6 is 11.3 Å². The molecule has 0 saturated heterocycles.